The molecule has 1 unspecified atom stereocenters. The molecular formula is C11H16N4S. The molecule has 2 aromatic rings. The van der Waals surface area contributed by atoms with Crippen LogP contribution in [0.3, 0.4) is 0 Å². The fourth-order valence-corrected chi connectivity index (χ4v) is 2.73. The van der Waals surface area contributed by atoms with Crippen LogP contribution in [0.25, 0.3) is 0 Å². The Bertz CT molecular complexity index is 486. The maximum atomic E-state index is 6.19. The van der Waals surface area contributed by atoms with E-state index in [-0.39, 0.29) is 6.04 Å². The van der Waals surface area contributed by atoms with Crippen LogP contribution in [-0.4, -0.2) is 14.5 Å². The summed E-state index contributed by atoms with van der Waals surface area (Å²) >= 11 is 1.68. The minimum Gasteiger partial charge on any atom is -0.336 e. The largest absolute Gasteiger partial charge is 0.336 e. The second-order valence-electron chi connectivity index (χ2n) is 3.82. The van der Waals surface area contributed by atoms with Crippen molar-refractivity contribution < 1.29 is 0 Å². The van der Waals surface area contributed by atoms with Crippen LogP contribution in [0.15, 0.2) is 12.5 Å². The number of hydrogen-bond donors (Lipinski definition) is 1. The Morgan fingerprint density at radius 1 is 1.56 bits per heavy atom. The van der Waals surface area contributed by atoms with Crippen LogP contribution in [0.1, 0.15) is 34.2 Å². The van der Waals surface area contributed by atoms with Gasteiger partial charge in [0.2, 0.25) is 0 Å². The van der Waals surface area contributed by atoms with E-state index in [1.807, 2.05) is 11.6 Å². The second kappa shape index (κ2) is 4.35. The van der Waals surface area contributed by atoms with Crippen LogP contribution < -0.4 is 5.73 Å². The SMILES string of the molecule is CCc1nc(C(N)c2cncn2C)sc1C. The molecule has 0 bridgehead atoms. The third-order valence-corrected chi connectivity index (χ3v) is 3.78. The van der Waals surface area contributed by atoms with Crippen molar-refractivity contribution in [2.75, 3.05) is 0 Å². The summed E-state index contributed by atoms with van der Waals surface area (Å²) in [6.07, 6.45) is 4.52. The number of rotatable bonds is 3. The van der Waals surface area contributed by atoms with Gasteiger partial charge in [0.25, 0.3) is 0 Å². The van der Waals surface area contributed by atoms with Gasteiger partial charge in [-0.15, -0.1) is 11.3 Å². The Balaban J connectivity index is 2.34. The highest BCUT2D eigenvalue weighted by Gasteiger charge is 2.17. The van der Waals surface area contributed by atoms with Gasteiger partial charge in [-0.05, 0) is 13.3 Å². The van der Waals surface area contributed by atoms with E-state index >= 15 is 0 Å². The molecule has 0 spiro atoms. The predicted molar refractivity (Wildman–Crippen MR) is 65.5 cm³/mol. The zero-order chi connectivity index (χ0) is 11.7. The molecule has 2 N–H and O–H groups in total. The van der Waals surface area contributed by atoms with Crippen LogP contribution >= 0.6 is 11.3 Å². The minimum absolute atomic E-state index is 0.170. The lowest BCUT2D eigenvalue weighted by molar-refractivity contribution is 0.738. The van der Waals surface area contributed by atoms with Crippen LogP contribution in [0.4, 0.5) is 0 Å². The Morgan fingerprint density at radius 2 is 2.31 bits per heavy atom. The maximum absolute atomic E-state index is 6.19. The van der Waals surface area contributed by atoms with Crippen LogP contribution in [0.5, 0.6) is 0 Å². The van der Waals surface area contributed by atoms with Crippen molar-refractivity contribution in [2.24, 2.45) is 12.8 Å². The zero-order valence-corrected chi connectivity index (χ0v) is 10.6. The van der Waals surface area contributed by atoms with Gasteiger partial charge in [-0.1, -0.05) is 6.92 Å². The fourth-order valence-electron chi connectivity index (χ4n) is 1.70. The Kier molecular flexibility index (Phi) is 3.07. The van der Waals surface area contributed by atoms with Gasteiger partial charge >= 0.3 is 0 Å². The van der Waals surface area contributed by atoms with Crippen molar-refractivity contribution in [1.29, 1.82) is 0 Å². The van der Waals surface area contributed by atoms with Gasteiger partial charge in [-0.3, -0.25) is 0 Å². The van der Waals surface area contributed by atoms with Crippen LogP contribution in [0, 0.1) is 6.92 Å². The van der Waals surface area contributed by atoms with E-state index in [9.17, 15) is 0 Å². The Labute approximate surface area is 99.2 Å². The number of aryl methyl sites for hydroxylation is 3. The van der Waals surface area contributed by atoms with Gasteiger partial charge in [0, 0.05) is 11.9 Å². The van der Waals surface area contributed by atoms with E-state index in [1.54, 1.807) is 23.9 Å². The molecule has 4 nitrogen and oxygen atoms in total. The van der Waals surface area contributed by atoms with Crippen LogP contribution in [0.2, 0.25) is 0 Å². The maximum Gasteiger partial charge on any atom is 0.116 e. The van der Waals surface area contributed by atoms with Crippen LogP contribution in [-0.2, 0) is 13.5 Å². The highest BCUT2D eigenvalue weighted by molar-refractivity contribution is 7.11. The van der Waals surface area contributed by atoms with Crippen molar-refractivity contribution >= 4 is 11.3 Å². The molecule has 0 aromatic carbocycles. The molecule has 0 aliphatic heterocycles. The first kappa shape index (κ1) is 11.3. The summed E-state index contributed by atoms with van der Waals surface area (Å²) < 4.78 is 1.94. The molecule has 2 heterocycles. The van der Waals surface area contributed by atoms with E-state index in [0.717, 1.165) is 22.8 Å². The summed E-state index contributed by atoms with van der Waals surface area (Å²) in [5, 5.41) is 0.970. The molecular weight excluding hydrogens is 220 g/mol. The first-order chi connectivity index (χ1) is 7.63. The van der Waals surface area contributed by atoms with Gasteiger partial charge in [0.1, 0.15) is 5.01 Å². The lowest BCUT2D eigenvalue weighted by Crippen LogP contribution is -2.15. The average molecular weight is 236 g/mol. The molecule has 0 fully saturated rings. The molecule has 0 amide bonds. The lowest BCUT2D eigenvalue weighted by Gasteiger charge is -2.08. The van der Waals surface area contributed by atoms with E-state index in [2.05, 4.69) is 23.8 Å². The van der Waals surface area contributed by atoms with Gasteiger partial charge in [0.15, 0.2) is 0 Å². The molecule has 2 aromatic heterocycles. The van der Waals surface area contributed by atoms with Gasteiger partial charge < -0.3 is 10.3 Å². The molecule has 1 atom stereocenters. The summed E-state index contributed by atoms with van der Waals surface area (Å²) in [5.41, 5.74) is 8.33. The molecule has 86 valence electrons. The molecule has 0 aliphatic carbocycles. The van der Waals surface area contributed by atoms with Crippen molar-refractivity contribution in [2.45, 2.75) is 26.3 Å². The number of nitrogens with zero attached hydrogens (tertiary/aromatic N) is 3. The first-order valence-corrected chi connectivity index (χ1v) is 6.13. The van der Waals surface area contributed by atoms with E-state index in [4.69, 9.17) is 5.73 Å². The fraction of sp³-hybridized carbons (Fsp3) is 0.455. The van der Waals surface area contributed by atoms with Gasteiger partial charge in [0.05, 0.1) is 30.0 Å². The number of hydrogen-bond acceptors (Lipinski definition) is 4. The zero-order valence-electron chi connectivity index (χ0n) is 9.77. The summed E-state index contributed by atoms with van der Waals surface area (Å²) in [5.74, 6) is 0. The predicted octanol–water partition coefficient (Wildman–Crippen LogP) is 1.80. The van der Waals surface area contributed by atoms with Gasteiger partial charge in [-0.25, -0.2) is 9.97 Å². The minimum atomic E-state index is -0.170. The third kappa shape index (κ3) is 1.88. The molecule has 0 saturated heterocycles. The normalized spacial score (nSPS) is 13.0. The Morgan fingerprint density at radius 3 is 2.81 bits per heavy atom. The first-order valence-electron chi connectivity index (χ1n) is 5.31. The summed E-state index contributed by atoms with van der Waals surface area (Å²) in [6.45, 7) is 4.21. The van der Waals surface area contributed by atoms with Crippen molar-refractivity contribution in [3.05, 3.63) is 33.8 Å². The van der Waals surface area contributed by atoms with Gasteiger partial charge in [-0.2, -0.15) is 0 Å². The third-order valence-electron chi connectivity index (χ3n) is 2.68. The van der Waals surface area contributed by atoms with Crippen molar-refractivity contribution in [3.8, 4) is 0 Å². The molecule has 16 heavy (non-hydrogen) atoms. The van der Waals surface area contributed by atoms with E-state index < -0.39 is 0 Å². The second-order valence-corrected chi connectivity index (χ2v) is 5.05. The highest BCUT2D eigenvalue weighted by Crippen LogP contribution is 2.26. The van der Waals surface area contributed by atoms with Crippen molar-refractivity contribution in [3.63, 3.8) is 0 Å². The van der Waals surface area contributed by atoms with E-state index in [1.165, 1.54) is 4.88 Å². The standard InChI is InChI=1S/C11H16N4S/c1-4-8-7(2)16-11(14-8)10(12)9-5-13-6-15(9)3/h5-6,10H,4,12H2,1-3H3. The molecule has 0 saturated carbocycles. The molecule has 0 aliphatic rings. The monoisotopic (exact) mass is 236 g/mol. The lowest BCUT2D eigenvalue weighted by atomic mass is 10.2. The smallest absolute Gasteiger partial charge is 0.116 e. The van der Waals surface area contributed by atoms with E-state index in [0.29, 0.717) is 0 Å². The number of aromatic nitrogens is 3. The molecule has 0 radical (unpaired) electrons. The van der Waals surface area contributed by atoms with Crippen molar-refractivity contribution in [1.82, 2.24) is 14.5 Å². The highest BCUT2D eigenvalue weighted by atomic mass is 32.1. The molecule has 5 heteroatoms. The number of thiazole rings is 1. The topological polar surface area (TPSA) is 56.7 Å². The quantitative estimate of drug-likeness (QED) is 0.884. The molecule has 2 rings (SSSR count). The summed E-state index contributed by atoms with van der Waals surface area (Å²) in [7, 11) is 1.95. The number of imidazole rings is 1. The summed E-state index contributed by atoms with van der Waals surface area (Å²) in [4.78, 5) is 9.91. The average Bonchev–Trinajstić information content (AvgIpc) is 2.83. The Hall–Kier alpha value is -1.20. The summed E-state index contributed by atoms with van der Waals surface area (Å²) in [6, 6.07) is -0.170. The number of nitrogens with two attached hydrogens (primary N) is 1.